The second kappa shape index (κ2) is 4.42. The van der Waals surface area contributed by atoms with Crippen molar-refractivity contribution in [1.82, 2.24) is 4.72 Å². The fourth-order valence-corrected chi connectivity index (χ4v) is 2.28. The smallest absolute Gasteiger partial charge is 0.231 e. The Hall–Kier alpha value is -1.08. The molecule has 0 radical (unpaired) electrons. The second-order valence-corrected chi connectivity index (χ2v) is 5.23. The molecule has 0 fully saturated rings. The van der Waals surface area contributed by atoms with E-state index in [0.717, 1.165) is 24.3 Å². The number of nitrogens with one attached hydrogen (secondary N) is 1. The van der Waals surface area contributed by atoms with Gasteiger partial charge in [0.05, 0.1) is 10.5 Å². The summed E-state index contributed by atoms with van der Waals surface area (Å²) in [6, 6.07) is 4.10. The summed E-state index contributed by atoms with van der Waals surface area (Å²) in [6.45, 7) is 0. The van der Waals surface area contributed by atoms with Crippen LogP contribution in [0.4, 0.5) is 13.2 Å². The van der Waals surface area contributed by atoms with Crippen molar-refractivity contribution in [1.29, 1.82) is 0 Å². The van der Waals surface area contributed by atoms with Crippen LogP contribution in [0.25, 0.3) is 0 Å². The molecule has 1 atom stereocenters. The van der Waals surface area contributed by atoms with Gasteiger partial charge in [0, 0.05) is 7.05 Å². The molecular weight excluding hydrogens is 241 g/mol. The maximum absolute atomic E-state index is 12.3. The van der Waals surface area contributed by atoms with Crippen molar-refractivity contribution < 1.29 is 17.4 Å². The lowest BCUT2D eigenvalue weighted by molar-refractivity contribution is -0.137. The molecule has 0 aliphatic rings. The van der Waals surface area contributed by atoms with E-state index in [1.165, 1.54) is 14.1 Å². The van der Waals surface area contributed by atoms with Gasteiger partial charge in [0.1, 0.15) is 9.92 Å². The number of hydrogen-bond donors (Lipinski definition) is 1. The highest BCUT2D eigenvalue weighted by Gasteiger charge is 2.30. The lowest BCUT2D eigenvalue weighted by Gasteiger charge is -2.10. The van der Waals surface area contributed by atoms with Crippen molar-refractivity contribution in [2.45, 2.75) is 11.1 Å². The molecule has 1 unspecified atom stereocenters. The average molecular weight is 252 g/mol. The first kappa shape index (κ1) is 13.0. The second-order valence-electron chi connectivity index (χ2n) is 2.93. The van der Waals surface area contributed by atoms with E-state index in [0.29, 0.717) is 0 Å². The van der Waals surface area contributed by atoms with Gasteiger partial charge < -0.3 is 0 Å². The standard InChI is InChI=1S/C9H11F3N2OS/c1-13-16(15,14-2)8-5-3-7(4-6-8)9(10,11)12/h3-6H,1-2H3,(H,13,14,15). The van der Waals surface area contributed by atoms with Crippen molar-refractivity contribution in [2.75, 3.05) is 14.1 Å². The highest BCUT2D eigenvalue weighted by atomic mass is 32.2. The average Bonchev–Trinajstić information content (AvgIpc) is 2.27. The van der Waals surface area contributed by atoms with Crippen molar-refractivity contribution in [3.63, 3.8) is 0 Å². The first-order valence-corrected chi connectivity index (χ1v) is 5.86. The molecule has 7 heteroatoms. The summed E-state index contributed by atoms with van der Waals surface area (Å²) in [6.07, 6.45) is -4.39. The maximum atomic E-state index is 12.3. The Morgan fingerprint density at radius 1 is 1.25 bits per heavy atom. The van der Waals surface area contributed by atoms with Gasteiger partial charge >= 0.3 is 6.18 Å². The van der Waals surface area contributed by atoms with Crippen LogP contribution in [0.15, 0.2) is 33.5 Å². The summed E-state index contributed by atoms with van der Waals surface area (Å²) in [7, 11) is -0.0169. The van der Waals surface area contributed by atoms with Crippen LogP contribution in [-0.2, 0) is 16.1 Å². The number of alkyl halides is 3. The van der Waals surface area contributed by atoms with Gasteiger partial charge in [-0.1, -0.05) is 0 Å². The molecule has 0 saturated heterocycles. The largest absolute Gasteiger partial charge is 0.416 e. The van der Waals surface area contributed by atoms with Gasteiger partial charge in [-0.3, -0.25) is 0 Å². The van der Waals surface area contributed by atoms with Crippen LogP contribution in [0.5, 0.6) is 0 Å². The van der Waals surface area contributed by atoms with Gasteiger partial charge in [0.25, 0.3) is 0 Å². The third kappa shape index (κ3) is 2.53. The molecule has 1 rings (SSSR count). The maximum Gasteiger partial charge on any atom is 0.416 e. The molecule has 0 amide bonds. The number of nitrogens with zero attached hydrogens (tertiary/aromatic N) is 1. The molecule has 16 heavy (non-hydrogen) atoms. The van der Waals surface area contributed by atoms with Crippen LogP contribution in [0.3, 0.4) is 0 Å². The molecule has 90 valence electrons. The highest BCUT2D eigenvalue weighted by molar-refractivity contribution is 7.91. The predicted molar refractivity (Wildman–Crippen MR) is 55.3 cm³/mol. The minimum Gasteiger partial charge on any atom is -0.231 e. The minimum absolute atomic E-state index is 0.227. The van der Waals surface area contributed by atoms with Crippen molar-refractivity contribution in [3.8, 4) is 0 Å². The molecule has 0 bridgehead atoms. The van der Waals surface area contributed by atoms with Crippen LogP contribution in [0.1, 0.15) is 5.56 Å². The number of halogens is 3. The molecule has 0 spiro atoms. The van der Waals surface area contributed by atoms with Crippen molar-refractivity contribution >= 4 is 9.92 Å². The summed E-state index contributed by atoms with van der Waals surface area (Å²) in [5, 5.41) is 0. The molecule has 3 nitrogen and oxygen atoms in total. The first-order valence-electron chi connectivity index (χ1n) is 4.34. The Bertz CT molecular complexity index is 473. The van der Waals surface area contributed by atoms with E-state index in [2.05, 4.69) is 9.08 Å². The fraction of sp³-hybridized carbons (Fsp3) is 0.333. The minimum atomic E-state index is -4.39. The Kier molecular flexibility index (Phi) is 3.59. The van der Waals surface area contributed by atoms with Gasteiger partial charge in [-0.15, -0.1) is 0 Å². The van der Waals surface area contributed by atoms with E-state index in [-0.39, 0.29) is 4.90 Å². The first-order chi connectivity index (χ1) is 7.33. The topological polar surface area (TPSA) is 41.5 Å². The predicted octanol–water partition coefficient (Wildman–Crippen LogP) is 2.30. The number of benzene rings is 1. The van der Waals surface area contributed by atoms with Crippen LogP contribution in [-0.4, -0.2) is 18.3 Å². The SMILES string of the molecule is CN=S(=O)(NC)c1ccc(C(F)(F)F)cc1. The molecule has 1 N–H and O–H groups in total. The van der Waals surface area contributed by atoms with Crippen LogP contribution >= 0.6 is 0 Å². The molecule has 1 aromatic carbocycles. The van der Waals surface area contributed by atoms with Crippen molar-refractivity contribution in [2.24, 2.45) is 4.36 Å². The molecule has 0 aliphatic carbocycles. The van der Waals surface area contributed by atoms with Gasteiger partial charge in [-0.25, -0.2) is 13.3 Å². The Morgan fingerprint density at radius 2 is 1.75 bits per heavy atom. The summed E-state index contributed by atoms with van der Waals surface area (Å²) in [5.74, 6) is 0. The van der Waals surface area contributed by atoms with Gasteiger partial charge in [0.15, 0.2) is 0 Å². The summed E-state index contributed by atoms with van der Waals surface area (Å²) >= 11 is 0. The third-order valence-corrected chi connectivity index (χ3v) is 4.01. The zero-order valence-electron chi connectivity index (χ0n) is 8.71. The quantitative estimate of drug-likeness (QED) is 0.862. The van der Waals surface area contributed by atoms with Crippen LogP contribution in [0, 0.1) is 0 Å². The Labute approximate surface area is 92.0 Å². The molecule has 1 aromatic rings. The van der Waals surface area contributed by atoms with E-state index in [9.17, 15) is 17.4 Å². The lowest BCUT2D eigenvalue weighted by atomic mass is 10.2. The van der Waals surface area contributed by atoms with Crippen LogP contribution in [0.2, 0.25) is 0 Å². The van der Waals surface area contributed by atoms with E-state index in [1.54, 1.807) is 0 Å². The summed E-state index contributed by atoms with van der Waals surface area (Å²) in [4.78, 5) is 0.227. The molecule has 0 saturated carbocycles. The third-order valence-electron chi connectivity index (χ3n) is 2.03. The normalized spacial score (nSPS) is 15.6. The molecule has 0 aliphatic heterocycles. The van der Waals surface area contributed by atoms with E-state index < -0.39 is 21.7 Å². The fourth-order valence-electron chi connectivity index (χ4n) is 1.14. The zero-order chi connectivity index (χ0) is 12.4. The summed E-state index contributed by atoms with van der Waals surface area (Å²) < 4.78 is 54.9. The van der Waals surface area contributed by atoms with Gasteiger partial charge in [0.2, 0.25) is 0 Å². The Balaban J connectivity index is 3.20. The molecule has 0 heterocycles. The molecular formula is C9H11F3N2OS. The van der Waals surface area contributed by atoms with E-state index in [4.69, 9.17) is 0 Å². The zero-order valence-corrected chi connectivity index (χ0v) is 9.52. The Morgan fingerprint density at radius 3 is 2.06 bits per heavy atom. The number of hydrogen-bond acceptors (Lipinski definition) is 2. The van der Waals surface area contributed by atoms with Crippen molar-refractivity contribution in [3.05, 3.63) is 29.8 Å². The van der Waals surface area contributed by atoms with Crippen LogP contribution < -0.4 is 4.72 Å². The summed E-state index contributed by atoms with van der Waals surface area (Å²) in [5.41, 5.74) is -0.773. The van der Waals surface area contributed by atoms with Gasteiger partial charge in [-0.2, -0.15) is 13.2 Å². The highest BCUT2D eigenvalue weighted by Crippen LogP contribution is 2.29. The van der Waals surface area contributed by atoms with Gasteiger partial charge in [-0.05, 0) is 31.3 Å². The molecule has 0 aromatic heterocycles. The lowest BCUT2D eigenvalue weighted by Crippen LogP contribution is -2.18. The monoisotopic (exact) mass is 252 g/mol. The van der Waals surface area contributed by atoms with E-state index >= 15 is 0 Å². The number of rotatable bonds is 2. The van der Waals surface area contributed by atoms with E-state index in [1.807, 2.05) is 0 Å².